The van der Waals surface area contributed by atoms with E-state index < -0.39 is 0 Å². The van der Waals surface area contributed by atoms with Crippen LogP contribution in [0.5, 0.6) is 0 Å². The highest BCUT2D eigenvalue weighted by atomic mass is 15.4. The highest BCUT2D eigenvalue weighted by molar-refractivity contribution is 5.76. The van der Waals surface area contributed by atoms with Gasteiger partial charge in [-0.05, 0) is 31.2 Å². The summed E-state index contributed by atoms with van der Waals surface area (Å²) in [6.07, 6.45) is 1.63. The maximum atomic E-state index is 4.84. The van der Waals surface area contributed by atoms with Crippen molar-refractivity contribution in [2.75, 3.05) is 36.0 Å². The van der Waals surface area contributed by atoms with Gasteiger partial charge in [-0.3, -0.25) is 0 Å². The van der Waals surface area contributed by atoms with Crippen molar-refractivity contribution in [2.24, 2.45) is 0 Å². The molecule has 4 heterocycles. The van der Waals surface area contributed by atoms with Crippen LogP contribution in [0.15, 0.2) is 42.7 Å². The van der Waals surface area contributed by atoms with Crippen molar-refractivity contribution in [3.63, 3.8) is 0 Å². The Bertz CT molecular complexity index is 1080. The SMILES string of the molecule is Cc1nc2ccccc2nc1N1CCN(c2ccc3nncn3n2)CC1. The number of benzene rings is 1. The molecule has 0 saturated carbocycles. The molecule has 1 aliphatic heterocycles. The van der Waals surface area contributed by atoms with Crippen LogP contribution in [0.1, 0.15) is 5.69 Å². The van der Waals surface area contributed by atoms with E-state index >= 15 is 0 Å². The monoisotopic (exact) mass is 346 g/mol. The fourth-order valence-electron chi connectivity index (χ4n) is 3.41. The van der Waals surface area contributed by atoms with Crippen LogP contribution in [0.4, 0.5) is 11.6 Å². The second-order valence-electron chi connectivity index (χ2n) is 6.42. The van der Waals surface area contributed by atoms with Gasteiger partial charge in [0.1, 0.15) is 12.1 Å². The Labute approximate surface area is 150 Å². The van der Waals surface area contributed by atoms with Gasteiger partial charge >= 0.3 is 0 Å². The molecule has 1 aromatic carbocycles. The summed E-state index contributed by atoms with van der Waals surface area (Å²) in [6.45, 7) is 5.57. The van der Waals surface area contributed by atoms with Crippen molar-refractivity contribution in [1.82, 2.24) is 29.8 Å². The summed E-state index contributed by atoms with van der Waals surface area (Å²) < 4.78 is 1.71. The van der Waals surface area contributed by atoms with E-state index in [2.05, 4.69) is 25.1 Å². The van der Waals surface area contributed by atoms with Crippen LogP contribution < -0.4 is 9.80 Å². The van der Waals surface area contributed by atoms with Crippen molar-refractivity contribution in [1.29, 1.82) is 0 Å². The smallest absolute Gasteiger partial charge is 0.177 e. The van der Waals surface area contributed by atoms with Crippen LogP contribution in [-0.2, 0) is 0 Å². The fraction of sp³-hybridized carbons (Fsp3) is 0.278. The lowest BCUT2D eigenvalue weighted by Crippen LogP contribution is -2.47. The predicted octanol–water partition coefficient (Wildman–Crippen LogP) is 1.70. The lowest BCUT2D eigenvalue weighted by Gasteiger charge is -2.36. The second kappa shape index (κ2) is 5.91. The van der Waals surface area contributed by atoms with E-state index in [0.29, 0.717) is 0 Å². The van der Waals surface area contributed by atoms with Crippen LogP contribution in [0, 0.1) is 6.92 Å². The Hall–Kier alpha value is -3.29. The van der Waals surface area contributed by atoms with Gasteiger partial charge in [-0.15, -0.1) is 15.3 Å². The third-order valence-electron chi connectivity index (χ3n) is 4.77. The molecule has 0 amide bonds. The number of fused-ring (bicyclic) bond motifs is 2. The first kappa shape index (κ1) is 15.0. The number of aromatic nitrogens is 6. The second-order valence-corrected chi connectivity index (χ2v) is 6.42. The fourth-order valence-corrected chi connectivity index (χ4v) is 3.41. The molecule has 0 radical (unpaired) electrons. The average Bonchev–Trinajstić information content (AvgIpc) is 3.15. The van der Waals surface area contributed by atoms with Crippen molar-refractivity contribution < 1.29 is 0 Å². The lowest BCUT2D eigenvalue weighted by atomic mass is 10.2. The van der Waals surface area contributed by atoms with Gasteiger partial charge in [0.25, 0.3) is 0 Å². The Morgan fingerprint density at radius 3 is 2.38 bits per heavy atom. The first-order valence-electron chi connectivity index (χ1n) is 8.68. The van der Waals surface area contributed by atoms with Crippen molar-refractivity contribution in [3.05, 3.63) is 48.4 Å². The van der Waals surface area contributed by atoms with E-state index in [-0.39, 0.29) is 0 Å². The quantitative estimate of drug-likeness (QED) is 0.547. The number of para-hydroxylation sites is 2. The van der Waals surface area contributed by atoms with Crippen LogP contribution >= 0.6 is 0 Å². The summed E-state index contributed by atoms with van der Waals surface area (Å²) >= 11 is 0. The molecule has 4 aromatic rings. The molecule has 1 saturated heterocycles. The van der Waals surface area contributed by atoms with Crippen LogP contribution in [0.25, 0.3) is 16.7 Å². The zero-order valence-electron chi connectivity index (χ0n) is 14.4. The molecule has 0 unspecified atom stereocenters. The number of hydrogen-bond acceptors (Lipinski definition) is 7. The van der Waals surface area contributed by atoms with Gasteiger partial charge < -0.3 is 9.80 Å². The Morgan fingerprint density at radius 2 is 1.58 bits per heavy atom. The van der Waals surface area contributed by atoms with Gasteiger partial charge in [-0.1, -0.05) is 12.1 Å². The summed E-state index contributed by atoms with van der Waals surface area (Å²) in [4.78, 5) is 14.1. The molecule has 0 bridgehead atoms. The van der Waals surface area contributed by atoms with Crippen molar-refractivity contribution >= 4 is 28.3 Å². The molecule has 0 aliphatic carbocycles. The molecule has 0 spiro atoms. The third kappa shape index (κ3) is 2.50. The Morgan fingerprint density at radius 1 is 0.846 bits per heavy atom. The number of anilines is 2. The minimum absolute atomic E-state index is 0.759. The molecule has 26 heavy (non-hydrogen) atoms. The maximum Gasteiger partial charge on any atom is 0.177 e. The Balaban J connectivity index is 1.37. The number of hydrogen-bond donors (Lipinski definition) is 0. The molecule has 5 rings (SSSR count). The zero-order valence-corrected chi connectivity index (χ0v) is 14.4. The summed E-state index contributed by atoms with van der Waals surface area (Å²) in [6, 6.07) is 12.0. The zero-order chi connectivity index (χ0) is 17.5. The first-order valence-corrected chi connectivity index (χ1v) is 8.68. The van der Waals surface area contributed by atoms with Crippen LogP contribution in [0.3, 0.4) is 0 Å². The summed E-state index contributed by atoms with van der Waals surface area (Å²) in [7, 11) is 0. The van der Waals surface area contributed by atoms with Gasteiger partial charge in [0, 0.05) is 26.2 Å². The normalized spacial score (nSPS) is 15.1. The minimum Gasteiger partial charge on any atom is -0.352 e. The molecule has 0 N–H and O–H groups in total. The lowest BCUT2D eigenvalue weighted by molar-refractivity contribution is 0.634. The molecule has 3 aromatic heterocycles. The average molecular weight is 346 g/mol. The molecule has 1 aliphatic rings. The van der Waals surface area contributed by atoms with Gasteiger partial charge in [-0.25, -0.2) is 9.97 Å². The number of nitrogens with zero attached hydrogens (tertiary/aromatic N) is 8. The molecule has 130 valence electrons. The van der Waals surface area contributed by atoms with Gasteiger partial charge in [0.15, 0.2) is 11.5 Å². The van der Waals surface area contributed by atoms with Crippen molar-refractivity contribution in [2.45, 2.75) is 6.92 Å². The van der Waals surface area contributed by atoms with Crippen LogP contribution in [-0.4, -0.2) is 56.0 Å². The van der Waals surface area contributed by atoms with E-state index in [0.717, 1.165) is 60.2 Å². The van der Waals surface area contributed by atoms with E-state index in [1.54, 1.807) is 10.8 Å². The molecular formula is C18H18N8. The minimum atomic E-state index is 0.759. The van der Waals surface area contributed by atoms with E-state index in [4.69, 9.17) is 9.97 Å². The maximum absolute atomic E-state index is 4.84. The third-order valence-corrected chi connectivity index (χ3v) is 4.77. The number of rotatable bonds is 2. The summed E-state index contributed by atoms with van der Waals surface area (Å²) in [5.74, 6) is 1.92. The predicted molar refractivity (Wildman–Crippen MR) is 99.5 cm³/mol. The van der Waals surface area contributed by atoms with E-state index in [1.165, 1.54) is 0 Å². The van der Waals surface area contributed by atoms with Gasteiger partial charge in [0.05, 0.1) is 16.7 Å². The van der Waals surface area contributed by atoms with Crippen LogP contribution in [0.2, 0.25) is 0 Å². The topological polar surface area (TPSA) is 75.3 Å². The summed E-state index contributed by atoms with van der Waals surface area (Å²) in [5, 5.41) is 12.5. The number of piperazine rings is 1. The Kier molecular flexibility index (Phi) is 3.41. The highest BCUT2D eigenvalue weighted by Gasteiger charge is 2.21. The highest BCUT2D eigenvalue weighted by Crippen LogP contribution is 2.22. The van der Waals surface area contributed by atoms with Gasteiger partial charge in [0.2, 0.25) is 0 Å². The standard InChI is InChI=1S/C18H18N8/c1-13-18(21-15-5-3-2-4-14(15)20-13)25-10-8-24(9-11-25)17-7-6-16-22-19-12-26(16)23-17/h2-7,12H,8-11H2,1H3. The molecular weight excluding hydrogens is 328 g/mol. The molecule has 1 fully saturated rings. The largest absolute Gasteiger partial charge is 0.352 e. The number of aryl methyl sites for hydroxylation is 1. The van der Waals surface area contributed by atoms with E-state index in [1.807, 2.05) is 43.3 Å². The summed E-state index contributed by atoms with van der Waals surface area (Å²) in [5.41, 5.74) is 3.62. The van der Waals surface area contributed by atoms with Crippen molar-refractivity contribution in [3.8, 4) is 0 Å². The molecule has 0 atom stereocenters. The van der Waals surface area contributed by atoms with E-state index in [9.17, 15) is 0 Å². The molecule has 8 nitrogen and oxygen atoms in total. The molecule has 8 heteroatoms. The van der Waals surface area contributed by atoms with Gasteiger partial charge in [-0.2, -0.15) is 4.52 Å². The first-order chi connectivity index (χ1) is 12.8.